The first kappa shape index (κ1) is 15.3. The Kier molecular flexibility index (Phi) is 5.45. The summed E-state index contributed by atoms with van der Waals surface area (Å²) >= 11 is 1.85. The second-order valence-electron chi connectivity index (χ2n) is 5.33. The smallest absolute Gasteiger partial charge is 0.134 e. The van der Waals surface area contributed by atoms with Crippen molar-refractivity contribution in [3.05, 3.63) is 11.4 Å². The third-order valence-electron chi connectivity index (χ3n) is 3.11. The lowest BCUT2D eigenvalue weighted by molar-refractivity contribution is 0.640. The highest BCUT2D eigenvalue weighted by Crippen LogP contribution is 2.32. The Morgan fingerprint density at radius 3 is 2.11 bits per heavy atom. The van der Waals surface area contributed by atoms with Crippen molar-refractivity contribution < 1.29 is 0 Å². The van der Waals surface area contributed by atoms with Gasteiger partial charge in [0, 0.05) is 23.8 Å². The summed E-state index contributed by atoms with van der Waals surface area (Å²) in [6.45, 7) is 13.1. The third-order valence-corrected chi connectivity index (χ3v) is 4.64. The van der Waals surface area contributed by atoms with Crippen molar-refractivity contribution >= 4 is 17.6 Å². The summed E-state index contributed by atoms with van der Waals surface area (Å²) in [6.07, 6.45) is 0. The summed E-state index contributed by atoms with van der Waals surface area (Å²) in [7, 11) is 1.92. The minimum Gasteiger partial charge on any atom is -0.373 e. The molecule has 1 aromatic rings. The second kappa shape index (κ2) is 6.41. The Morgan fingerprint density at radius 1 is 1.06 bits per heavy atom. The number of nitrogens with one attached hydrogen (secondary N) is 1. The number of hydrogen-bond acceptors (Lipinski definition) is 4. The van der Waals surface area contributed by atoms with Crippen molar-refractivity contribution in [3.63, 3.8) is 0 Å². The molecule has 3 nitrogen and oxygen atoms in total. The molecule has 0 spiro atoms. The summed E-state index contributed by atoms with van der Waals surface area (Å²) in [5.74, 6) is 2.87. The molecule has 0 bridgehead atoms. The van der Waals surface area contributed by atoms with Gasteiger partial charge in [0.25, 0.3) is 0 Å². The van der Waals surface area contributed by atoms with Crippen molar-refractivity contribution in [3.8, 4) is 0 Å². The molecule has 0 aliphatic rings. The third kappa shape index (κ3) is 3.61. The van der Waals surface area contributed by atoms with Gasteiger partial charge in [0.05, 0.1) is 0 Å². The lowest BCUT2D eigenvalue weighted by Gasteiger charge is -2.18. The number of anilines is 1. The summed E-state index contributed by atoms with van der Waals surface area (Å²) in [6, 6.07) is 0. The molecule has 102 valence electrons. The van der Waals surface area contributed by atoms with Crippen LogP contribution >= 0.6 is 11.8 Å². The van der Waals surface area contributed by atoms with E-state index in [1.54, 1.807) is 0 Å². The van der Waals surface area contributed by atoms with Gasteiger partial charge in [-0.2, -0.15) is 0 Å². The van der Waals surface area contributed by atoms with Crippen LogP contribution in [-0.2, 0) is 0 Å². The van der Waals surface area contributed by atoms with Gasteiger partial charge in [0.15, 0.2) is 0 Å². The van der Waals surface area contributed by atoms with Crippen LogP contribution in [-0.4, -0.2) is 22.3 Å². The van der Waals surface area contributed by atoms with Crippen LogP contribution in [0.1, 0.15) is 51.9 Å². The Hall–Kier alpha value is -0.770. The van der Waals surface area contributed by atoms with Gasteiger partial charge in [-0.1, -0.05) is 34.6 Å². The molecular weight excluding hydrogens is 242 g/mol. The number of nitrogens with zero attached hydrogens (tertiary/aromatic N) is 2. The molecule has 0 saturated carbocycles. The first-order chi connectivity index (χ1) is 8.36. The SMILES string of the molecule is CNc1nc(C(C)C)nc(SC(C)C(C)C)c1C. The van der Waals surface area contributed by atoms with Crippen molar-refractivity contribution in [2.75, 3.05) is 12.4 Å². The van der Waals surface area contributed by atoms with Crippen molar-refractivity contribution in [1.82, 2.24) is 9.97 Å². The lowest BCUT2D eigenvalue weighted by Crippen LogP contribution is -2.10. The zero-order chi connectivity index (χ0) is 13.9. The van der Waals surface area contributed by atoms with E-state index in [1.807, 2.05) is 18.8 Å². The standard InChI is InChI=1S/C14H25N3S/c1-8(2)11(6)18-14-10(5)13(15-7)16-12(17-14)9(3)4/h8-9,11H,1-7H3,(H,15,16,17). The Bertz CT molecular complexity index is 402. The predicted molar refractivity (Wildman–Crippen MR) is 80.6 cm³/mol. The molecule has 0 aromatic carbocycles. The maximum absolute atomic E-state index is 4.71. The molecule has 4 heteroatoms. The zero-order valence-corrected chi connectivity index (χ0v) is 13.4. The highest BCUT2D eigenvalue weighted by atomic mass is 32.2. The number of hydrogen-bond donors (Lipinski definition) is 1. The minimum atomic E-state index is 0.353. The van der Waals surface area contributed by atoms with E-state index in [0.717, 1.165) is 22.2 Å². The van der Waals surface area contributed by atoms with Gasteiger partial charge >= 0.3 is 0 Å². The van der Waals surface area contributed by atoms with Gasteiger partial charge in [-0.25, -0.2) is 9.97 Å². The average molecular weight is 267 g/mol. The van der Waals surface area contributed by atoms with Crippen molar-refractivity contribution in [1.29, 1.82) is 0 Å². The summed E-state index contributed by atoms with van der Waals surface area (Å²) in [5, 5.41) is 4.84. The molecule has 0 amide bonds. The minimum absolute atomic E-state index is 0.353. The quantitative estimate of drug-likeness (QED) is 0.644. The largest absolute Gasteiger partial charge is 0.373 e. The molecule has 0 radical (unpaired) electrons. The maximum Gasteiger partial charge on any atom is 0.134 e. The maximum atomic E-state index is 4.71. The molecule has 0 saturated heterocycles. The van der Waals surface area contributed by atoms with Crippen LogP contribution in [0.4, 0.5) is 5.82 Å². The van der Waals surface area contributed by atoms with E-state index < -0.39 is 0 Å². The molecule has 1 heterocycles. The van der Waals surface area contributed by atoms with Gasteiger partial charge in [0.2, 0.25) is 0 Å². The van der Waals surface area contributed by atoms with Crippen LogP contribution in [0.5, 0.6) is 0 Å². The molecule has 1 rings (SSSR count). The van der Waals surface area contributed by atoms with E-state index in [2.05, 4.69) is 51.8 Å². The van der Waals surface area contributed by atoms with Gasteiger partial charge < -0.3 is 5.32 Å². The van der Waals surface area contributed by atoms with E-state index in [4.69, 9.17) is 4.98 Å². The summed E-state index contributed by atoms with van der Waals surface area (Å²) in [4.78, 5) is 9.28. The normalized spacial score (nSPS) is 13.2. The van der Waals surface area contributed by atoms with Crippen LogP contribution in [0.15, 0.2) is 5.03 Å². The molecule has 1 atom stereocenters. The van der Waals surface area contributed by atoms with Crippen LogP contribution in [0.25, 0.3) is 0 Å². The first-order valence-corrected chi connectivity index (χ1v) is 7.47. The fourth-order valence-electron chi connectivity index (χ4n) is 1.44. The fraction of sp³-hybridized carbons (Fsp3) is 0.714. The van der Waals surface area contributed by atoms with Crippen molar-refractivity contribution in [2.45, 2.75) is 57.7 Å². The number of rotatable bonds is 5. The molecule has 0 aliphatic heterocycles. The van der Waals surface area contributed by atoms with Crippen LogP contribution in [0.2, 0.25) is 0 Å². The number of aromatic nitrogens is 2. The van der Waals surface area contributed by atoms with Gasteiger partial charge in [-0.15, -0.1) is 11.8 Å². The highest BCUT2D eigenvalue weighted by Gasteiger charge is 2.16. The topological polar surface area (TPSA) is 37.8 Å². The Balaban J connectivity index is 3.12. The van der Waals surface area contributed by atoms with Gasteiger partial charge in [0.1, 0.15) is 16.7 Å². The average Bonchev–Trinajstić information content (AvgIpc) is 2.31. The zero-order valence-electron chi connectivity index (χ0n) is 12.5. The second-order valence-corrected chi connectivity index (χ2v) is 6.70. The summed E-state index contributed by atoms with van der Waals surface area (Å²) in [5.41, 5.74) is 1.15. The Morgan fingerprint density at radius 2 is 1.67 bits per heavy atom. The summed E-state index contributed by atoms with van der Waals surface area (Å²) < 4.78 is 0. The van der Waals surface area contributed by atoms with E-state index in [-0.39, 0.29) is 0 Å². The molecule has 1 aromatic heterocycles. The molecule has 1 unspecified atom stereocenters. The molecule has 18 heavy (non-hydrogen) atoms. The molecule has 0 fully saturated rings. The first-order valence-electron chi connectivity index (χ1n) is 6.59. The van der Waals surface area contributed by atoms with E-state index in [9.17, 15) is 0 Å². The Labute approximate surface area is 115 Å². The molecular formula is C14H25N3S. The van der Waals surface area contributed by atoms with Crippen molar-refractivity contribution in [2.24, 2.45) is 5.92 Å². The number of thioether (sulfide) groups is 1. The fourth-order valence-corrected chi connectivity index (χ4v) is 2.49. The van der Waals surface area contributed by atoms with E-state index >= 15 is 0 Å². The van der Waals surface area contributed by atoms with E-state index in [0.29, 0.717) is 17.1 Å². The van der Waals surface area contributed by atoms with E-state index in [1.165, 1.54) is 0 Å². The van der Waals surface area contributed by atoms with Gasteiger partial charge in [-0.05, 0) is 12.8 Å². The lowest BCUT2D eigenvalue weighted by atomic mass is 10.2. The molecule has 1 N–H and O–H groups in total. The highest BCUT2D eigenvalue weighted by molar-refractivity contribution is 7.99. The van der Waals surface area contributed by atoms with Crippen LogP contribution in [0.3, 0.4) is 0 Å². The molecule has 0 aliphatic carbocycles. The van der Waals surface area contributed by atoms with Gasteiger partial charge in [-0.3, -0.25) is 0 Å². The monoisotopic (exact) mass is 267 g/mol. The van der Waals surface area contributed by atoms with Crippen LogP contribution in [0, 0.1) is 12.8 Å². The van der Waals surface area contributed by atoms with Crippen LogP contribution < -0.4 is 5.32 Å². The predicted octanol–water partition coefficient (Wildman–Crippen LogP) is 4.09.